The highest BCUT2D eigenvalue weighted by Crippen LogP contribution is 2.30. The number of amides is 1. The van der Waals surface area contributed by atoms with E-state index >= 15 is 0 Å². The van der Waals surface area contributed by atoms with Crippen LogP contribution in [0.4, 0.5) is 10.1 Å². The van der Waals surface area contributed by atoms with Gasteiger partial charge in [0.1, 0.15) is 5.82 Å². The zero-order valence-electron chi connectivity index (χ0n) is 22.6. The molecule has 4 rings (SSSR count). The number of halogens is 1. The number of benzene rings is 3. The van der Waals surface area contributed by atoms with Gasteiger partial charge in [0.25, 0.3) is 5.91 Å². The van der Waals surface area contributed by atoms with E-state index in [9.17, 15) is 14.3 Å². The maximum absolute atomic E-state index is 14.0. The van der Waals surface area contributed by atoms with E-state index in [2.05, 4.69) is 21.6 Å². The van der Waals surface area contributed by atoms with E-state index in [0.29, 0.717) is 24.2 Å². The molecule has 1 atom stereocenters. The minimum atomic E-state index is -0.211. The molecule has 39 heavy (non-hydrogen) atoms. The van der Waals surface area contributed by atoms with Crippen molar-refractivity contribution in [3.8, 4) is 0 Å². The lowest BCUT2D eigenvalue weighted by atomic mass is 10.0. The van der Waals surface area contributed by atoms with Gasteiger partial charge in [0.15, 0.2) is 0 Å². The lowest BCUT2D eigenvalue weighted by Crippen LogP contribution is -2.28. The number of hydrogen-bond donors (Lipinski definition) is 3. The second-order valence-corrected chi connectivity index (χ2v) is 11.3. The fraction of sp³-hybridized carbons (Fsp3) is 0.406. The number of nitrogens with zero attached hydrogens (tertiary/aromatic N) is 1. The van der Waals surface area contributed by atoms with Crippen molar-refractivity contribution in [2.45, 2.75) is 43.5 Å². The molecule has 0 radical (unpaired) electrons. The van der Waals surface area contributed by atoms with Gasteiger partial charge < -0.3 is 20.6 Å². The zero-order chi connectivity index (χ0) is 27.3. The standard InChI is InChI=1S/C32H40FN3O2S/c33-29-9-2-1-8-28(29)22-35-30-10-3-4-11-31(30)39-24-26(23-37)13-12-25-14-16-27(17-15-25)32(38)34-18-7-21-36-19-5-6-20-36/h1-4,8-11,14-17,26,35,37H,5-7,12-13,18-24H2,(H,34,38). The van der Waals surface area contributed by atoms with E-state index in [0.717, 1.165) is 47.7 Å². The molecule has 208 valence electrons. The number of likely N-dealkylation sites (tertiary alicyclic amines) is 1. The number of aliphatic hydroxyl groups is 1. The van der Waals surface area contributed by atoms with Crippen LogP contribution in [0.25, 0.3) is 0 Å². The van der Waals surface area contributed by atoms with Gasteiger partial charge in [-0.3, -0.25) is 4.79 Å². The van der Waals surface area contributed by atoms with Gasteiger partial charge >= 0.3 is 0 Å². The molecule has 1 aliphatic heterocycles. The van der Waals surface area contributed by atoms with E-state index in [1.165, 1.54) is 32.0 Å². The van der Waals surface area contributed by atoms with Crippen LogP contribution in [-0.4, -0.2) is 54.5 Å². The SMILES string of the molecule is O=C(NCCCN1CCCC1)c1ccc(CCC(CO)CSc2ccccc2NCc2ccccc2F)cc1. The van der Waals surface area contributed by atoms with E-state index in [1.807, 2.05) is 48.5 Å². The Hall–Kier alpha value is -2.87. The summed E-state index contributed by atoms with van der Waals surface area (Å²) in [6.07, 6.45) is 5.27. The van der Waals surface area contributed by atoms with Gasteiger partial charge in [-0.2, -0.15) is 0 Å². The average molecular weight is 550 g/mol. The van der Waals surface area contributed by atoms with Crippen LogP contribution in [0.15, 0.2) is 77.7 Å². The molecule has 1 saturated heterocycles. The van der Waals surface area contributed by atoms with E-state index in [4.69, 9.17) is 0 Å². The zero-order valence-corrected chi connectivity index (χ0v) is 23.4. The highest BCUT2D eigenvalue weighted by molar-refractivity contribution is 7.99. The Bertz CT molecular complexity index is 1170. The van der Waals surface area contributed by atoms with Crippen LogP contribution in [0.3, 0.4) is 0 Å². The Morgan fingerprint density at radius 3 is 2.51 bits per heavy atom. The molecule has 0 bridgehead atoms. The number of rotatable bonds is 15. The molecular formula is C32H40FN3O2S. The number of aryl methyl sites for hydroxylation is 1. The van der Waals surface area contributed by atoms with E-state index in [-0.39, 0.29) is 24.2 Å². The fourth-order valence-corrected chi connectivity index (χ4v) is 5.97. The minimum absolute atomic E-state index is 0.0186. The molecule has 0 spiro atoms. The van der Waals surface area contributed by atoms with Gasteiger partial charge in [-0.15, -0.1) is 11.8 Å². The summed E-state index contributed by atoms with van der Waals surface area (Å²) in [7, 11) is 0. The third-order valence-corrected chi connectivity index (χ3v) is 8.54. The molecule has 0 aliphatic carbocycles. The average Bonchev–Trinajstić information content (AvgIpc) is 3.49. The third kappa shape index (κ3) is 9.38. The summed E-state index contributed by atoms with van der Waals surface area (Å²) in [5, 5.41) is 16.4. The van der Waals surface area contributed by atoms with Gasteiger partial charge in [0, 0.05) is 47.2 Å². The van der Waals surface area contributed by atoms with Gasteiger partial charge in [-0.05, 0) is 93.6 Å². The topological polar surface area (TPSA) is 64.6 Å². The Morgan fingerprint density at radius 2 is 1.74 bits per heavy atom. The van der Waals surface area contributed by atoms with Crippen LogP contribution >= 0.6 is 11.8 Å². The number of carbonyl (C=O) groups is 1. The molecule has 0 saturated carbocycles. The number of thioether (sulfide) groups is 1. The number of carbonyl (C=O) groups excluding carboxylic acids is 1. The number of anilines is 1. The predicted octanol–water partition coefficient (Wildman–Crippen LogP) is 5.99. The maximum Gasteiger partial charge on any atom is 0.251 e. The lowest BCUT2D eigenvalue weighted by Gasteiger charge is -2.16. The molecule has 1 fully saturated rings. The Labute approximate surface area is 236 Å². The molecule has 1 aliphatic rings. The summed E-state index contributed by atoms with van der Waals surface area (Å²) >= 11 is 1.71. The Balaban J connectivity index is 1.19. The van der Waals surface area contributed by atoms with Gasteiger partial charge in [-0.1, -0.05) is 42.5 Å². The quantitative estimate of drug-likeness (QED) is 0.161. The number of aliphatic hydroxyl groups excluding tert-OH is 1. The summed E-state index contributed by atoms with van der Waals surface area (Å²) in [5.74, 6) is 0.701. The predicted molar refractivity (Wildman–Crippen MR) is 159 cm³/mol. The molecule has 0 aromatic heterocycles. The number of hydrogen-bond acceptors (Lipinski definition) is 5. The molecule has 5 nitrogen and oxygen atoms in total. The summed E-state index contributed by atoms with van der Waals surface area (Å²) in [4.78, 5) is 16.0. The Morgan fingerprint density at radius 1 is 1.00 bits per heavy atom. The first-order valence-corrected chi connectivity index (χ1v) is 15.0. The van der Waals surface area contributed by atoms with Gasteiger partial charge in [0.2, 0.25) is 0 Å². The maximum atomic E-state index is 14.0. The van der Waals surface area contributed by atoms with E-state index < -0.39 is 0 Å². The monoisotopic (exact) mass is 549 g/mol. The largest absolute Gasteiger partial charge is 0.396 e. The summed E-state index contributed by atoms with van der Waals surface area (Å²) in [6, 6.07) is 22.6. The molecule has 3 aromatic carbocycles. The first-order valence-electron chi connectivity index (χ1n) is 14.0. The van der Waals surface area contributed by atoms with Crippen molar-refractivity contribution in [1.82, 2.24) is 10.2 Å². The molecule has 3 aromatic rings. The summed E-state index contributed by atoms with van der Waals surface area (Å²) in [5.41, 5.74) is 3.45. The van der Waals surface area contributed by atoms with Crippen LogP contribution < -0.4 is 10.6 Å². The van der Waals surface area contributed by atoms with Crippen molar-refractivity contribution in [2.24, 2.45) is 5.92 Å². The fourth-order valence-electron chi connectivity index (χ4n) is 4.81. The smallest absolute Gasteiger partial charge is 0.251 e. The van der Waals surface area contributed by atoms with Crippen LogP contribution in [0.2, 0.25) is 0 Å². The molecule has 1 heterocycles. The van der Waals surface area contributed by atoms with Crippen molar-refractivity contribution >= 4 is 23.4 Å². The van der Waals surface area contributed by atoms with Gasteiger partial charge in [-0.25, -0.2) is 4.39 Å². The first-order chi connectivity index (χ1) is 19.1. The third-order valence-electron chi connectivity index (χ3n) is 7.24. The minimum Gasteiger partial charge on any atom is -0.396 e. The molecule has 3 N–H and O–H groups in total. The Kier molecular flexibility index (Phi) is 11.7. The number of para-hydroxylation sites is 1. The normalized spacial score (nSPS) is 14.3. The molecular weight excluding hydrogens is 509 g/mol. The molecule has 1 unspecified atom stereocenters. The van der Waals surface area contributed by atoms with Crippen molar-refractivity contribution < 1.29 is 14.3 Å². The molecule has 1 amide bonds. The highest BCUT2D eigenvalue weighted by Gasteiger charge is 2.13. The van der Waals surface area contributed by atoms with Crippen molar-refractivity contribution in [3.05, 3.63) is 95.3 Å². The molecule has 7 heteroatoms. The van der Waals surface area contributed by atoms with Crippen LogP contribution in [-0.2, 0) is 13.0 Å². The highest BCUT2D eigenvalue weighted by atomic mass is 32.2. The lowest BCUT2D eigenvalue weighted by molar-refractivity contribution is 0.0952. The van der Waals surface area contributed by atoms with Crippen molar-refractivity contribution in [1.29, 1.82) is 0 Å². The van der Waals surface area contributed by atoms with Crippen LogP contribution in [0.5, 0.6) is 0 Å². The second kappa shape index (κ2) is 15.7. The number of nitrogens with one attached hydrogen (secondary N) is 2. The van der Waals surface area contributed by atoms with Gasteiger partial charge in [0.05, 0.1) is 0 Å². The summed E-state index contributed by atoms with van der Waals surface area (Å²) in [6.45, 7) is 4.67. The van der Waals surface area contributed by atoms with E-state index in [1.54, 1.807) is 23.9 Å². The second-order valence-electron chi connectivity index (χ2n) is 10.2. The summed E-state index contributed by atoms with van der Waals surface area (Å²) < 4.78 is 14.0. The first kappa shape index (κ1) is 29.1. The van der Waals surface area contributed by atoms with Crippen molar-refractivity contribution in [3.63, 3.8) is 0 Å². The van der Waals surface area contributed by atoms with Crippen LogP contribution in [0, 0.1) is 11.7 Å². The van der Waals surface area contributed by atoms with Crippen LogP contribution in [0.1, 0.15) is 47.2 Å². The van der Waals surface area contributed by atoms with Crippen molar-refractivity contribution in [2.75, 3.05) is 43.9 Å².